The highest BCUT2D eigenvalue weighted by molar-refractivity contribution is 7.06. The van der Waals surface area contributed by atoms with Gasteiger partial charge in [-0.2, -0.15) is 0 Å². The lowest BCUT2D eigenvalue weighted by molar-refractivity contribution is 0.203. The molecule has 2 nitrogen and oxygen atoms in total. The molecule has 1 fully saturated rings. The highest BCUT2D eigenvalue weighted by Gasteiger charge is 2.19. The molecule has 2 atom stereocenters. The van der Waals surface area contributed by atoms with Crippen molar-refractivity contribution < 1.29 is 8.85 Å². The fourth-order valence-corrected chi connectivity index (χ4v) is 8.01. The molecule has 0 bridgehead atoms. The summed E-state index contributed by atoms with van der Waals surface area (Å²) < 4.78 is 11.6. The van der Waals surface area contributed by atoms with E-state index in [1.165, 1.54) is 31.7 Å². The maximum absolute atomic E-state index is 6.07. The quantitative estimate of drug-likeness (QED) is 0.648. The average Bonchev–Trinajstić information content (AvgIpc) is 2.16. The first kappa shape index (κ1) is 11.4. The van der Waals surface area contributed by atoms with Crippen LogP contribution in [0.5, 0.6) is 0 Å². The van der Waals surface area contributed by atoms with Crippen molar-refractivity contribution >= 4 is 17.8 Å². The first-order valence-corrected chi connectivity index (χ1v) is 10.7. The molecule has 0 aliphatic carbocycles. The summed E-state index contributed by atoms with van der Waals surface area (Å²) in [5, 5.41) is 0. The molecule has 0 spiro atoms. The van der Waals surface area contributed by atoms with E-state index in [2.05, 4.69) is 13.8 Å². The average molecular weight is 218 g/mol. The van der Waals surface area contributed by atoms with Crippen LogP contribution >= 0.6 is 0 Å². The van der Waals surface area contributed by atoms with E-state index in [0.717, 1.165) is 6.61 Å². The lowest BCUT2D eigenvalue weighted by Crippen LogP contribution is -2.36. The minimum Gasteiger partial charge on any atom is -0.425 e. The van der Waals surface area contributed by atoms with Crippen LogP contribution in [0.1, 0.15) is 39.5 Å². The van der Waals surface area contributed by atoms with Gasteiger partial charge in [0.25, 0.3) is 0 Å². The van der Waals surface area contributed by atoms with E-state index in [9.17, 15) is 0 Å². The summed E-state index contributed by atoms with van der Waals surface area (Å²) in [7, 11) is -1.04. The summed E-state index contributed by atoms with van der Waals surface area (Å²) in [6.07, 6.45) is 5.60. The molecular formula is C9H22O2Si2. The molecule has 1 heterocycles. The lowest BCUT2D eigenvalue weighted by atomic mass is 10.2. The molecular weight excluding hydrogens is 196 g/mol. The van der Waals surface area contributed by atoms with Crippen LogP contribution in [-0.4, -0.2) is 30.5 Å². The molecule has 1 rings (SSSR count). The Morgan fingerprint density at radius 2 is 2.46 bits per heavy atom. The molecule has 13 heavy (non-hydrogen) atoms. The molecule has 1 aliphatic rings. The summed E-state index contributed by atoms with van der Waals surface area (Å²) in [5.74, 6) is 0. The summed E-state index contributed by atoms with van der Waals surface area (Å²) >= 11 is 0. The fourth-order valence-electron chi connectivity index (χ4n) is 1.71. The smallest absolute Gasteiger partial charge is 0.189 e. The van der Waals surface area contributed by atoms with Crippen LogP contribution in [0.2, 0.25) is 6.04 Å². The van der Waals surface area contributed by atoms with Crippen LogP contribution in [0.4, 0.5) is 0 Å². The molecule has 0 N–H and O–H groups in total. The standard InChI is InChI=1S/C9H22O2Si2/c1-3-4-6-9(2)11-13-8-5-7-10-12-13/h9,13H,3-8,12H2,1-2H3. The van der Waals surface area contributed by atoms with Crippen LogP contribution in [0.3, 0.4) is 0 Å². The zero-order valence-electron chi connectivity index (χ0n) is 8.92. The van der Waals surface area contributed by atoms with Gasteiger partial charge in [0, 0.05) is 12.7 Å². The van der Waals surface area contributed by atoms with Crippen molar-refractivity contribution in [2.45, 2.75) is 51.7 Å². The summed E-state index contributed by atoms with van der Waals surface area (Å²) in [6, 6.07) is 1.38. The molecule has 0 saturated carbocycles. The van der Waals surface area contributed by atoms with Crippen molar-refractivity contribution in [3.63, 3.8) is 0 Å². The SMILES string of the molecule is CCCCC(C)O[SiH]1CCCO[SiH2]1. The van der Waals surface area contributed by atoms with Crippen molar-refractivity contribution in [1.82, 2.24) is 0 Å². The largest absolute Gasteiger partial charge is 0.425 e. The van der Waals surface area contributed by atoms with E-state index < -0.39 is 8.56 Å². The molecule has 4 heteroatoms. The monoisotopic (exact) mass is 218 g/mol. The first-order valence-electron chi connectivity index (χ1n) is 5.56. The third-order valence-corrected chi connectivity index (χ3v) is 8.93. The molecule has 1 aliphatic heterocycles. The Labute approximate surface area is 85.5 Å². The van der Waals surface area contributed by atoms with Crippen molar-refractivity contribution in [2.24, 2.45) is 0 Å². The van der Waals surface area contributed by atoms with Crippen LogP contribution < -0.4 is 0 Å². The minimum absolute atomic E-state index is 0.227. The van der Waals surface area contributed by atoms with Crippen LogP contribution in [0, 0.1) is 0 Å². The van der Waals surface area contributed by atoms with Gasteiger partial charge >= 0.3 is 0 Å². The Morgan fingerprint density at radius 3 is 3.08 bits per heavy atom. The van der Waals surface area contributed by atoms with Gasteiger partial charge in [-0.05, 0) is 25.8 Å². The maximum atomic E-state index is 6.07. The maximum Gasteiger partial charge on any atom is 0.189 e. The summed E-state index contributed by atoms with van der Waals surface area (Å²) in [4.78, 5) is 0. The molecule has 0 aromatic heterocycles. The zero-order chi connectivity index (χ0) is 9.52. The highest BCUT2D eigenvalue weighted by atomic mass is 29.2. The van der Waals surface area contributed by atoms with E-state index in [0.29, 0.717) is 6.10 Å². The van der Waals surface area contributed by atoms with E-state index in [1.54, 1.807) is 0 Å². The van der Waals surface area contributed by atoms with Gasteiger partial charge < -0.3 is 8.85 Å². The first-order chi connectivity index (χ1) is 6.33. The van der Waals surface area contributed by atoms with Crippen molar-refractivity contribution in [3.05, 3.63) is 0 Å². The molecule has 0 aromatic rings. The van der Waals surface area contributed by atoms with E-state index in [-0.39, 0.29) is 9.28 Å². The number of hydrogen-bond acceptors (Lipinski definition) is 2. The second kappa shape index (κ2) is 6.76. The van der Waals surface area contributed by atoms with Crippen LogP contribution in [0.25, 0.3) is 0 Å². The number of hydrogen-bond donors (Lipinski definition) is 0. The second-order valence-corrected chi connectivity index (χ2v) is 10.5. The van der Waals surface area contributed by atoms with E-state index >= 15 is 0 Å². The third kappa shape index (κ3) is 4.95. The predicted octanol–water partition coefficient (Wildman–Crippen LogP) is 1.31. The fraction of sp³-hybridized carbons (Fsp3) is 1.00. The Balaban J connectivity index is 2.07. The van der Waals surface area contributed by atoms with Gasteiger partial charge in [0.2, 0.25) is 0 Å². The summed E-state index contributed by atoms with van der Waals surface area (Å²) in [6.45, 7) is 5.48. The van der Waals surface area contributed by atoms with Gasteiger partial charge in [0.1, 0.15) is 0 Å². The van der Waals surface area contributed by atoms with Crippen molar-refractivity contribution in [1.29, 1.82) is 0 Å². The van der Waals surface area contributed by atoms with Gasteiger partial charge in [0.15, 0.2) is 17.8 Å². The van der Waals surface area contributed by atoms with E-state index in [1.807, 2.05) is 0 Å². The summed E-state index contributed by atoms with van der Waals surface area (Å²) in [5.41, 5.74) is 0. The lowest BCUT2D eigenvalue weighted by Gasteiger charge is -2.24. The predicted molar refractivity (Wildman–Crippen MR) is 61.1 cm³/mol. The Morgan fingerprint density at radius 1 is 1.62 bits per heavy atom. The normalized spacial score (nSPS) is 27.7. The van der Waals surface area contributed by atoms with Crippen LogP contribution in [0.15, 0.2) is 0 Å². The van der Waals surface area contributed by atoms with Gasteiger partial charge in [-0.15, -0.1) is 0 Å². The van der Waals surface area contributed by atoms with E-state index in [4.69, 9.17) is 8.85 Å². The Hall–Kier alpha value is 0.354. The van der Waals surface area contributed by atoms with Crippen LogP contribution in [-0.2, 0) is 8.85 Å². The highest BCUT2D eigenvalue weighted by Crippen LogP contribution is 2.11. The molecule has 0 radical (unpaired) electrons. The Kier molecular flexibility index (Phi) is 5.94. The van der Waals surface area contributed by atoms with Gasteiger partial charge in [-0.3, -0.25) is 0 Å². The molecule has 0 amide bonds. The second-order valence-electron chi connectivity index (χ2n) is 3.93. The molecule has 0 aromatic carbocycles. The van der Waals surface area contributed by atoms with Crippen molar-refractivity contribution in [2.75, 3.05) is 6.61 Å². The molecule has 2 unspecified atom stereocenters. The van der Waals surface area contributed by atoms with Gasteiger partial charge in [-0.25, -0.2) is 0 Å². The zero-order valence-corrected chi connectivity index (χ0v) is 11.5. The molecule has 1 saturated heterocycles. The number of rotatable bonds is 5. The topological polar surface area (TPSA) is 18.5 Å². The third-order valence-electron chi connectivity index (χ3n) is 2.51. The minimum atomic E-state index is -0.810. The van der Waals surface area contributed by atoms with Gasteiger partial charge in [0.05, 0.1) is 0 Å². The van der Waals surface area contributed by atoms with Crippen molar-refractivity contribution in [3.8, 4) is 0 Å². The number of unbranched alkanes of at least 4 members (excludes halogenated alkanes) is 1. The van der Waals surface area contributed by atoms with Gasteiger partial charge in [-0.1, -0.05) is 19.8 Å². The molecule has 78 valence electrons. The Bertz CT molecular complexity index is 127.